The number of carboxylic acids is 3. The Morgan fingerprint density at radius 1 is 0.933 bits per heavy atom. The Labute approximate surface area is 169 Å². The Morgan fingerprint density at radius 3 is 1.83 bits per heavy atom. The molecule has 7 N–H and O–H groups in total. The molecule has 0 fully saturated rings. The minimum Gasteiger partial charge on any atom is -0.480 e. The average Bonchev–Trinajstić information content (AvgIpc) is 2.69. The summed E-state index contributed by atoms with van der Waals surface area (Å²) in [6.45, 7) is 3.36. The van der Waals surface area contributed by atoms with Crippen molar-refractivity contribution in [2.75, 3.05) is 6.54 Å². The van der Waals surface area contributed by atoms with Crippen molar-refractivity contribution in [3.05, 3.63) is 31.3 Å². The number of rotatable bonds is 12. The molecule has 0 spiro atoms. The molecule has 3 atom stereocenters. The van der Waals surface area contributed by atoms with Crippen molar-refractivity contribution in [3.8, 4) is 0 Å². The number of carboxylic acid groups (broad SMARTS) is 3. The maximum absolute atomic E-state index is 10.3. The van der Waals surface area contributed by atoms with Crippen molar-refractivity contribution in [2.24, 2.45) is 21.3 Å². The number of nitrogens with two attached hydrogens (primary N) is 1. The third kappa shape index (κ3) is 21.9. The summed E-state index contributed by atoms with van der Waals surface area (Å²) >= 11 is 0. The second-order valence-corrected chi connectivity index (χ2v) is 5.06. The second-order valence-electron chi connectivity index (χ2n) is 5.06. The van der Waals surface area contributed by atoms with E-state index in [1.165, 1.54) is 6.92 Å². The predicted molar refractivity (Wildman–Crippen MR) is 102 cm³/mol. The topological polar surface area (TPSA) is 308 Å². The van der Waals surface area contributed by atoms with Gasteiger partial charge in [-0.3, -0.25) is 4.79 Å². The van der Waals surface area contributed by atoms with Crippen LogP contribution >= 0.6 is 0 Å². The zero-order valence-electron chi connectivity index (χ0n) is 16.2. The zero-order valence-corrected chi connectivity index (χ0v) is 16.2. The summed E-state index contributed by atoms with van der Waals surface area (Å²) in [4.78, 5) is 37.5. The fraction of sp³-hybridized carbons (Fsp3) is 0.750. The van der Waals surface area contributed by atoms with E-state index in [-0.39, 0.29) is 13.0 Å². The van der Waals surface area contributed by atoms with Crippen LogP contribution < -0.4 is 16.6 Å². The van der Waals surface area contributed by atoms with Crippen molar-refractivity contribution in [1.82, 2.24) is 10.9 Å². The molecule has 0 radical (unpaired) electrons. The van der Waals surface area contributed by atoms with Crippen LogP contribution in [0.5, 0.6) is 0 Å². The minimum absolute atomic E-state index is 0.129. The van der Waals surface area contributed by atoms with Gasteiger partial charge in [0.15, 0.2) is 12.1 Å². The van der Waals surface area contributed by atoms with E-state index in [0.717, 1.165) is 6.42 Å². The van der Waals surface area contributed by atoms with E-state index in [4.69, 9.17) is 37.6 Å². The summed E-state index contributed by atoms with van der Waals surface area (Å²) in [5.41, 5.74) is 32.6. The number of hydrogen-bond acceptors (Lipinski definition) is 7. The van der Waals surface area contributed by atoms with Gasteiger partial charge in [0.25, 0.3) is 0 Å². The number of aliphatic carboxylic acids is 3. The van der Waals surface area contributed by atoms with Gasteiger partial charge in [-0.15, -0.1) is 11.1 Å². The van der Waals surface area contributed by atoms with Gasteiger partial charge in [0.05, 0.1) is 0 Å². The lowest BCUT2D eigenvalue weighted by atomic mass is 10.2. The monoisotopic (exact) mass is 432 g/mol. The molecular formula is C12H24N12O6. The largest absolute Gasteiger partial charge is 0.480 e. The van der Waals surface area contributed by atoms with Gasteiger partial charge in [-0.25, -0.2) is 20.4 Å². The Hall–Kier alpha value is -4.10. The fourth-order valence-electron chi connectivity index (χ4n) is 1.16. The molecule has 0 aliphatic rings. The number of nitrogens with zero attached hydrogens (tertiary/aromatic N) is 9. The van der Waals surface area contributed by atoms with E-state index in [9.17, 15) is 14.4 Å². The molecule has 0 bridgehead atoms. The summed E-state index contributed by atoms with van der Waals surface area (Å²) < 4.78 is 0. The van der Waals surface area contributed by atoms with Crippen molar-refractivity contribution >= 4 is 17.9 Å². The van der Waals surface area contributed by atoms with Gasteiger partial charge in [-0.2, -0.15) is 9.82 Å². The predicted octanol–water partition coefficient (Wildman–Crippen LogP) is 1.43. The maximum atomic E-state index is 10.3. The lowest BCUT2D eigenvalue weighted by Crippen LogP contribution is -2.32. The maximum Gasteiger partial charge on any atom is 0.349 e. The molecule has 0 saturated carbocycles. The Kier molecular flexibility index (Phi) is 21.6. The van der Waals surface area contributed by atoms with Gasteiger partial charge in [-0.1, -0.05) is 18.5 Å². The highest BCUT2D eigenvalue weighted by atomic mass is 16.4. The highest BCUT2D eigenvalue weighted by Gasteiger charge is 2.17. The summed E-state index contributed by atoms with van der Waals surface area (Å²) in [7, 11) is 0. The molecular weight excluding hydrogens is 408 g/mol. The van der Waals surface area contributed by atoms with Crippen LogP contribution in [-0.4, -0.2) is 57.9 Å². The molecule has 0 aromatic heterocycles. The first-order valence-electron chi connectivity index (χ1n) is 8.12. The van der Waals surface area contributed by atoms with Gasteiger partial charge in [0, 0.05) is 11.5 Å². The van der Waals surface area contributed by atoms with Gasteiger partial charge in [0.2, 0.25) is 0 Å². The van der Waals surface area contributed by atoms with E-state index in [1.807, 2.05) is 12.3 Å². The van der Waals surface area contributed by atoms with Crippen LogP contribution in [0.2, 0.25) is 0 Å². The molecule has 0 heterocycles. The first-order chi connectivity index (χ1) is 14.1. The standard InChI is InChI=1S/C5H10N4O2.C4H8N4O2.C3H6N4O2/c1-2-3-4(5(10)11)7-9-8-6;5-3(4(9)10)1-2-7-8-6;1-2(3(8)9)5-7-6-4/h4,7H,2-3H2,1H3,(H,10,11);3H,1-2,5H2,(H,9,10);2,5H,1H3,(H,8,9)/t4-;3-;2-/m000/s1. The molecule has 0 aromatic carbocycles. The molecule has 0 saturated heterocycles. The summed E-state index contributed by atoms with van der Waals surface area (Å²) in [5.74, 6) is -3.13. The second kappa shape index (κ2) is 21.2. The van der Waals surface area contributed by atoms with Crippen LogP contribution in [0, 0.1) is 0 Å². The molecule has 0 rings (SSSR count). The number of nitrogens with one attached hydrogen (secondary N) is 2. The summed E-state index contributed by atoms with van der Waals surface area (Å²) in [5, 5.41) is 33.8. The highest BCUT2D eigenvalue weighted by molar-refractivity contribution is 5.73. The van der Waals surface area contributed by atoms with Crippen molar-refractivity contribution in [1.29, 1.82) is 0 Å². The zero-order chi connectivity index (χ0) is 23.9. The normalized spacial score (nSPS) is 11.4. The van der Waals surface area contributed by atoms with E-state index in [0.29, 0.717) is 6.42 Å². The molecule has 30 heavy (non-hydrogen) atoms. The van der Waals surface area contributed by atoms with Crippen LogP contribution in [0.3, 0.4) is 0 Å². The summed E-state index contributed by atoms with van der Waals surface area (Å²) in [6, 6.07) is -2.53. The van der Waals surface area contributed by atoms with Gasteiger partial charge >= 0.3 is 17.9 Å². The van der Waals surface area contributed by atoms with Gasteiger partial charge in [0.1, 0.15) is 6.04 Å². The first-order valence-corrected chi connectivity index (χ1v) is 8.12. The molecule has 0 aliphatic carbocycles. The van der Waals surface area contributed by atoms with Crippen LogP contribution in [-0.2, 0) is 14.4 Å². The lowest BCUT2D eigenvalue weighted by molar-refractivity contribution is -0.140. The molecule has 18 nitrogen and oxygen atoms in total. The first kappa shape index (κ1) is 30.6. The molecule has 168 valence electrons. The highest BCUT2D eigenvalue weighted by Crippen LogP contribution is 1.96. The van der Waals surface area contributed by atoms with Crippen LogP contribution in [0.1, 0.15) is 33.1 Å². The van der Waals surface area contributed by atoms with E-state index in [1.54, 1.807) is 0 Å². The smallest absolute Gasteiger partial charge is 0.349 e. The van der Waals surface area contributed by atoms with Crippen molar-refractivity contribution < 1.29 is 29.7 Å². The Balaban J connectivity index is -0.000000366. The lowest BCUT2D eigenvalue weighted by Gasteiger charge is -2.04. The van der Waals surface area contributed by atoms with Crippen LogP contribution in [0.4, 0.5) is 0 Å². The van der Waals surface area contributed by atoms with Gasteiger partial charge < -0.3 is 21.1 Å². The third-order valence-corrected chi connectivity index (χ3v) is 2.72. The fourth-order valence-corrected chi connectivity index (χ4v) is 1.16. The third-order valence-electron chi connectivity index (χ3n) is 2.72. The number of carbonyl (C=O) groups is 3. The Bertz CT molecular complexity index is 669. The van der Waals surface area contributed by atoms with E-state index >= 15 is 0 Å². The number of azide groups is 3. The SMILES string of the molecule is CCC[C@H](NN=[N+]=[N-])C(=O)O.C[C@H](NN=[N+]=[N-])C(=O)O.[N-]=[N+]=NCC[C@H](N)C(=O)O. The van der Waals surface area contributed by atoms with E-state index in [2.05, 4.69) is 35.7 Å². The van der Waals surface area contributed by atoms with Crippen LogP contribution in [0.25, 0.3) is 31.3 Å². The molecule has 0 aliphatic heterocycles. The molecule has 18 heteroatoms. The van der Waals surface area contributed by atoms with Crippen molar-refractivity contribution in [3.63, 3.8) is 0 Å². The molecule has 0 aromatic rings. The van der Waals surface area contributed by atoms with Crippen LogP contribution in [0.15, 0.2) is 15.6 Å². The quantitative estimate of drug-likeness (QED) is 0.112. The Morgan fingerprint density at radius 2 is 1.47 bits per heavy atom. The number of hydrogen-bond donors (Lipinski definition) is 6. The van der Waals surface area contributed by atoms with Crippen molar-refractivity contribution in [2.45, 2.75) is 51.2 Å². The molecule has 0 amide bonds. The summed E-state index contributed by atoms with van der Waals surface area (Å²) in [6.07, 6.45) is 1.36. The molecule has 0 unspecified atom stereocenters. The van der Waals surface area contributed by atoms with E-state index < -0.39 is 36.0 Å². The average molecular weight is 432 g/mol. The van der Waals surface area contributed by atoms with Gasteiger partial charge in [-0.05, 0) is 35.7 Å². The minimum atomic E-state index is -1.08.